The zero-order valence-electron chi connectivity index (χ0n) is 5.39. The van der Waals surface area contributed by atoms with E-state index in [-0.39, 0.29) is 18.0 Å². The maximum Gasteiger partial charge on any atom is 0.294 e. The molecule has 0 aliphatic heterocycles. The quantitative estimate of drug-likeness (QED) is 0.601. The molecule has 11 heavy (non-hydrogen) atoms. The van der Waals surface area contributed by atoms with Gasteiger partial charge in [0, 0.05) is 12.4 Å². The van der Waals surface area contributed by atoms with Crippen LogP contribution in [0.4, 0.5) is 0 Å². The number of imidazole rings is 1. The summed E-state index contributed by atoms with van der Waals surface area (Å²) in [6, 6.07) is 0. The van der Waals surface area contributed by atoms with Crippen LogP contribution < -0.4 is 5.56 Å². The third kappa shape index (κ3) is 1.10. The molecule has 0 aliphatic carbocycles. The van der Waals surface area contributed by atoms with Crippen molar-refractivity contribution in [3.05, 3.63) is 29.1 Å². The van der Waals surface area contributed by atoms with Gasteiger partial charge < -0.3 is 4.98 Å². The summed E-state index contributed by atoms with van der Waals surface area (Å²) >= 11 is 0. The van der Waals surface area contributed by atoms with Gasteiger partial charge in [0.1, 0.15) is 6.33 Å². The van der Waals surface area contributed by atoms with Gasteiger partial charge in [-0.05, 0) is 0 Å². The summed E-state index contributed by atoms with van der Waals surface area (Å²) in [5, 5.41) is 3.80. The van der Waals surface area contributed by atoms with E-state index in [1.165, 1.54) is 17.0 Å². The molecule has 0 aliphatic rings. The molecule has 2 heterocycles. The predicted molar refractivity (Wildman–Crippen MR) is 40.9 cm³/mol. The second kappa shape index (κ2) is 2.71. The summed E-state index contributed by atoms with van der Waals surface area (Å²) in [5.41, 5.74) is 0.0995. The molecular weight excluding hydrogens is 168 g/mol. The highest BCUT2D eigenvalue weighted by Gasteiger charge is 1.95. The fraction of sp³-hybridized carbons (Fsp3) is 0. The number of halogens is 1. The number of nitrogens with zero attached hydrogens (tertiary/aromatic N) is 3. The molecule has 0 radical (unpaired) electrons. The van der Waals surface area contributed by atoms with Gasteiger partial charge in [-0.3, -0.25) is 4.79 Å². The number of nitrogens with one attached hydrogen (secondary N) is 1. The SMILES string of the molecule is Cl.O=c1[nH]cnn2ccnc12. The van der Waals surface area contributed by atoms with Crippen LogP contribution in [-0.2, 0) is 0 Å². The highest BCUT2D eigenvalue weighted by molar-refractivity contribution is 5.85. The van der Waals surface area contributed by atoms with Gasteiger partial charge in [0.25, 0.3) is 5.56 Å². The van der Waals surface area contributed by atoms with Crippen LogP contribution in [0.25, 0.3) is 5.65 Å². The van der Waals surface area contributed by atoms with Crippen LogP contribution in [0.5, 0.6) is 0 Å². The van der Waals surface area contributed by atoms with E-state index < -0.39 is 0 Å². The molecule has 0 unspecified atom stereocenters. The van der Waals surface area contributed by atoms with Crippen molar-refractivity contribution in [1.82, 2.24) is 19.6 Å². The van der Waals surface area contributed by atoms with Crippen molar-refractivity contribution in [2.24, 2.45) is 0 Å². The molecule has 0 saturated carbocycles. The molecule has 2 aromatic rings. The van der Waals surface area contributed by atoms with E-state index >= 15 is 0 Å². The molecule has 6 heteroatoms. The lowest BCUT2D eigenvalue weighted by molar-refractivity contribution is 0.882. The lowest BCUT2D eigenvalue weighted by Gasteiger charge is -1.85. The van der Waals surface area contributed by atoms with E-state index in [1.807, 2.05) is 0 Å². The first-order valence-corrected chi connectivity index (χ1v) is 2.75. The molecule has 0 bridgehead atoms. The molecule has 0 saturated heterocycles. The Morgan fingerprint density at radius 2 is 2.36 bits per heavy atom. The van der Waals surface area contributed by atoms with Crippen molar-refractivity contribution < 1.29 is 0 Å². The fourth-order valence-electron chi connectivity index (χ4n) is 0.767. The Morgan fingerprint density at radius 3 is 3.09 bits per heavy atom. The van der Waals surface area contributed by atoms with Gasteiger partial charge in [-0.15, -0.1) is 12.4 Å². The highest BCUT2D eigenvalue weighted by Crippen LogP contribution is 1.84. The monoisotopic (exact) mass is 172 g/mol. The zero-order chi connectivity index (χ0) is 6.97. The van der Waals surface area contributed by atoms with Gasteiger partial charge in [-0.2, -0.15) is 5.10 Å². The van der Waals surface area contributed by atoms with Gasteiger partial charge in [0.15, 0.2) is 0 Å². The summed E-state index contributed by atoms with van der Waals surface area (Å²) < 4.78 is 1.42. The Kier molecular flexibility index (Phi) is 1.91. The molecule has 0 fully saturated rings. The van der Waals surface area contributed by atoms with Crippen molar-refractivity contribution >= 4 is 18.1 Å². The number of H-pyrrole nitrogens is 1. The minimum absolute atomic E-state index is 0. The van der Waals surface area contributed by atoms with Crippen LogP contribution in [-0.4, -0.2) is 19.6 Å². The first-order chi connectivity index (χ1) is 4.88. The maximum absolute atomic E-state index is 10.9. The fourth-order valence-corrected chi connectivity index (χ4v) is 0.767. The first kappa shape index (κ1) is 7.74. The Balaban J connectivity index is 0.000000605. The van der Waals surface area contributed by atoms with E-state index in [1.54, 1.807) is 6.20 Å². The molecule has 1 N–H and O–H groups in total. The lowest BCUT2D eigenvalue weighted by atomic mass is 10.8. The third-order valence-electron chi connectivity index (χ3n) is 1.20. The Bertz CT molecular complexity index is 406. The minimum Gasteiger partial charge on any atom is -0.308 e. The molecule has 5 nitrogen and oxygen atoms in total. The molecular formula is C5H5ClN4O. The van der Waals surface area contributed by atoms with Crippen LogP contribution >= 0.6 is 12.4 Å². The van der Waals surface area contributed by atoms with E-state index in [0.29, 0.717) is 5.65 Å². The summed E-state index contributed by atoms with van der Waals surface area (Å²) in [5.74, 6) is 0. The second-order valence-electron chi connectivity index (χ2n) is 1.81. The van der Waals surface area contributed by atoms with Crippen molar-refractivity contribution in [3.8, 4) is 0 Å². The normalized spacial score (nSPS) is 9.45. The van der Waals surface area contributed by atoms with Gasteiger partial charge in [-0.25, -0.2) is 9.50 Å². The van der Waals surface area contributed by atoms with Gasteiger partial charge >= 0.3 is 0 Å². The second-order valence-corrected chi connectivity index (χ2v) is 1.81. The molecule has 2 rings (SSSR count). The number of fused-ring (bicyclic) bond motifs is 1. The maximum atomic E-state index is 10.9. The molecule has 0 atom stereocenters. The summed E-state index contributed by atoms with van der Waals surface area (Å²) in [7, 11) is 0. The van der Waals surface area contributed by atoms with Gasteiger partial charge in [0.05, 0.1) is 0 Å². The molecule has 2 aromatic heterocycles. The molecule has 0 aromatic carbocycles. The number of aromatic amines is 1. The lowest BCUT2D eigenvalue weighted by Crippen LogP contribution is -2.10. The highest BCUT2D eigenvalue weighted by atomic mass is 35.5. The summed E-state index contributed by atoms with van der Waals surface area (Å²) in [6.07, 6.45) is 4.47. The van der Waals surface area contributed by atoms with Crippen LogP contribution in [0.15, 0.2) is 23.5 Å². The number of aromatic nitrogens is 4. The van der Waals surface area contributed by atoms with Crippen LogP contribution in [0.2, 0.25) is 0 Å². The average molecular weight is 173 g/mol. The number of hydrogen-bond donors (Lipinski definition) is 1. The zero-order valence-corrected chi connectivity index (χ0v) is 6.21. The van der Waals surface area contributed by atoms with Gasteiger partial charge in [-0.1, -0.05) is 0 Å². The van der Waals surface area contributed by atoms with E-state index in [4.69, 9.17) is 0 Å². The minimum atomic E-state index is -0.222. The third-order valence-corrected chi connectivity index (χ3v) is 1.20. The Hall–Kier alpha value is -1.36. The largest absolute Gasteiger partial charge is 0.308 e. The summed E-state index contributed by atoms with van der Waals surface area (Å²) in [4.78, 5) is 17.0. The standard InChI is InChI=1S/C5H4N4O.ClH/c10-5-4-6-1-2-9(4)8-3-7-5;/h1-3H,(H,7,8,10);1H. The Morgan fingerprint density at radius 1 is 1.55 bits per heavy atom. The predicted octanol–water partition coefficient (Wildman–Crippen LogP) is -0.161. The van der Waals surface area contributed by atoms with E-state index in [0.717, 1.165) is 0 Å². The molecule has 0 amide bonds. The van der Waals surface area contributed by atoms with Crippen LogP contribution in [0.1, 0.15) is 0 Å². The first-order valence-electron chi connectivity index (χ1n) is 2.75. The molecule has 0 spiro atoms. The Labute approximate surface area is 67.5 Å². The van der Waals surface area contributed by atoms with Crippen LogP contribution in [0, 0.1) is 0 Å². The van der Waals surface area contributed by atoms with Crippen molar-refractivity contribution in [1.29, 1.82) is 0 Å². The average Bonchev–Trinajstić information content (AvgIpc) is 2.36. The number of rotatable bonds is 0. The summed E-state index contributed by atoms with van der Waals surface area (Å²) in [6.45, 7) is 0. The van der Waals surface area contributed by atoms with Gasteiger partial charge in [0.2, 0.25) is 5.65 Å². The van der Waals surface area contributed by atoms with Crippen molar-refractivity contribution in [2.45, 2.75) is 0 Å². The topological polar surface area (TPSA) is 63.0 Å². The molecule has 58 valence electrons. The number of hydrogen-bond acceptors (Lipinski definition) is 3. The van der Waals surface area contributed by atoms with Crippen molar-refractivity contribution in [3.63, 3.8) is 0 Å². The van der Waals surface area contributed by atoms with E-state index in [9.17, 15) is 4.79 Å². The van der Waals surface area contributed by atoms with E-state index in [2.05, 4.69) is 15.1 Å². The smallest absolute Gasteiger partial charge is 0.294 e. The van der Waals surface area contributed by atoms with Crippen molar-refractivity contribution in [2.75, 3.05) is 0 Å². The van der Waals surface area contributed by atoms with Crippen LogP contribution in [0.3, 0.4) is 0 Å².